The van der Waals surface area contributed by atoms with E-state index >= 15 is 0 Å². The van der Waals surface area contributed by atoms with Gasteiger partial charge >= 0.3 is 0 Å². The molecule has 180 valence electrons. The van der Waals surface area contributed by atoms with E-state index in [2.05, 4.69) is 47.0 Å². The molecular weight excluding hydrogens is 428 g/mol. The third-order valence-electron chi connectivity index (χ3n) is 6.20. The average Bonchev–Trinajstić information content (AvgIpc) is 3.26. The SMILES string of the molecule is CCO[C@H]1CN(c2ncccn2)C[C@H]1Nc1nc(CC)c(-c2ccc(OC)cc2C)nc1CC. The highest BCUT2D eigenvalue weighted by molar-refractivity contribution is 5.68. The number of benzene rings is 1. The number of hydrogen-bond donors (Lipinski definition) is 1. The molecule has 1 aromatic carbocycles. The Morgan fingerprint density at radius 3 is 2.44 bits per heavy atom. The van der Waals surface area contributed by atoms with Crippen molar-refractivity contribution in [3.05, 3.63) is 53.6 Å². The molecule has 2 aromatic heterocycles. The first-order chi connectivity index (χ1) is 16.6. The summed E-state index contributed by atoms with van der Waals surface area (Å²) in [5.74, 6) is 2.40. The van der Waals surface area contributed by atoms with E-state index in [0.29, 0.717) is 6.61 Å². The van der Waals surface area contributed by atoms with Gasteiger partial charge < -0.3 is 19.7 Å². The molecule has 1 aliphatic heterocycles. The van der Waals surface area contributed by atoms with Crippen molar-refractivity contribution in [1.82, 2.24) is 19.9 Å². The maximum absolute atomic E-state index is 6.08. The van der Waals surface area contributed by atoms with E-state index in [9.17, 15) is 0 Å². The molecule has 0 saturated carbocycles. The summed E-state index contributed by atoms with van der Waals surface area (Å²) in [4.78, 5) is 21.2. The van der Waals surface area contributed by atoms with Crippen molar-refractivity contribution in [3.63, 3.8) is 0 Å². The van der Waals surface area contributed by atoms with Crippen LogP contribution in [0, 0.1) is 6.92 Å². The highest BCUT2D eigenvalue weighted by atomic mass is 16.5. The highest BCUT2D eigenvalue weighted by Crippen LogP contribution is 2.31. The fraction of sp³-hybridized carbons (Fsp3) is 0.462. The third-order valence-corrected chi connectivity index (χ3v) is 6.20. The van der Waals surface area contributed by atoms with E-state index in [-0.39, 0.29) is 12.1 Å². The number of methoxy groups -OCH3 is 1. The molecule has 0 radical (unpaired) electrons. The van der Waals surface area contributed by atoms with Crippen molar-refractivity contribution in [2.24, 2.45) is 0 Å². The van der Waals surface area contributed by atoms with Crippen LogP contribution in [-0.2, 0) is 17.6 Å². The molecule has 2 atom stereocenters. The number of hydrogen-bond acceptors (Lipinski definition) is 8. The van der Waals surface area contributed by atoms with Gasteiger partial charge in [0.05, 0.1) is 36.3 Å². The second kappa shape index (κ2) is 10.8. The number of aryl methyl sites for hydroxylation is 3. The molecule has 8 heteroatoms. The van der Waals surface area contributed by atoms with Crippen LogP contribution in [-0.4, -0.2) is 58.9 Å². The number of anilines is 2. The zero-order chi connectivity index (χ0) is 24.1. The number of nitrogens with zero attached hydrogens (tertiary/aromatic N) is 5. The van der Waals surface area contributed by atoms with E-state index in [0.717, 1.165) is 71.7 Å². The van der Waals surface area contributed by atoms with Gasteiger partial charge in [-0.1, -0.05) is 13.8 Å². The molecule has 34 heavy (non-hydrogen) atoms. The molecule has 0 unspecified atom stereocenters. The largest absolute Gasteiger partial charge is 0.497 e. The second-order valence-corrected chi connectivity index (χ2v) is 8.40. The smallest absolute Gasteiger partial charge is 0.225 e. The maximum Gasteiger partial charge on any atom is 0.225 e. The highest BCUT2D eigenvalue weighted by Gasteiger charge is 2.35. The van der Waals surface area contributed by atoms with Gasteiger partial charge in [-0.2, -0.15) is 0 Å². The van der Waals surface area contributed by atoms with Crippen molar-refractivity contribution in [1.29, 1.82) is 0 Å². The first-order valence-electron chi connectivity index (χ1n) is 12.0. The summed E-state index contributed by atoms with van der Waals surface area (Å²) in [7, 11) is 1.69. The van der Waals surface area contributed by atoms with Crippen LogP contribution in [0.2, 0.25) is 0 Å². The van der Waals surface area contributed by atoms with Gasteiger partial charge in [0.25, 0.3) is 0 Å². The Hall–Kier alpha value is -3.26. The molecule has 0 aliphatic carbocycles. The fourth-order valence-corrected chi connectivity index (χ4v) is 4.45. The van der Waals surface area contributed by atoms with Crippen LogP contribution < -0.4 is 15.0 Å². The minimum absolute atomic E-state index is 0.00824. The Labute approximate surface area is 201 Å². The molecule has 8 nitrogen and oxygen atoms in total. The first-order valence-corrected chi connectivity index (χ1v) is 12.0. The standard InChI is InChI=1S/C26H34N6O2/c1-6-20-24(19-11-10-18(33-5)14-17(19)4)29-21(7-2)25(30-20)31-22-15-32(16-23(22)34-8-3)26-27-12-9-13-28-26/h9-14,22-23H,6-8,15-16H2,1-5H3,(H,30,31)/t22-,23+/m1/s1. The van der Waals surface area contributed by atoms with Crippen LogP contribution in [0.3, 0.4) is 0 Å². The fourth-order valence-electron chi connectivity index (χ4n) is 4.45. The summed E-state index contributed by atoms with van der Waals surface area (Å²) < 4.78 is 11.5. The lowest BCUT2D eigenvalue weighted by molar-refractivity contribution is 0.0719. The number of nitrogens with one attached hydrogen (secondary N) is 1. The topological polar surface area (TPSA) is 85.3 Å². The van der Waals surface area contributed by atoms with Gasteiger partial charge in [0.1, 0.15) is 11.6 Å². The molecule has 3 heterocycles. The molecule has 0 bridgehead atoms. The normalized spacial score (nSPS) is 17.7. The molecule has 1 fully saturated rings. The molecule has 1 saturated heterocycles. The Kier molecular flexibility index (Phi) is 7.57. The molecule has 3 aromatic rings. The lowest BCUT2D eigenvalue weighted by atomic mass is 10.0. The van der Waals surface area contributed by atoms with Gasteiger partial charge in [-0.05, 0) is 56.5 Å². The Morgan fingerprint density at radius 1 is 1.03 bits per heavy atom. The van der Waals surface area contributed by atoms with Crippen LogP contribution in [0.15, 0.2) is 36.7 Å². The Bertz CT molecular complexity index is 1110. The van der Waals surface area contributed by atoms with Gasteiger partial charge in [0.2, 0.25) is 5.95 Å². The van der Waals surface area contributed by atoms with E-state index < -0.39 is 0 Å². The van der Waals surface area contributed by atoms with Crippen molar-refractivity contribution in [2.75, 3.05) is 37.0 Å². The second-order valence-electron chi connectivity index (χ2n) is 8.40. The van der Waals surface area contributed by atoms with Gasteiger partial charge in [0, 0.05) is 37.7 Å². The Morgan fingerprint density at radius 2 is 1.79 bits per heavy atom. The lowest BCUT2D eigenvalue weighted by Crippen LogP contribution is -2.35. The van der Waals surface area contributed by atoms with E-state index in [4.69, 9.17) is 19.4 Å². The summed E-state index contributed by atoms with van der Waals surface area (Å²) in [5, 5.41) is 3.67. The molecule has 1 aliphatic rings. The lowest BCUT2D eigenvalue weighted by Gasteiger charge is -2.22. The van der Waals surface area contributed by atoms with Crippen LogP contribution in [0.5, 0.6) is 5.75 Å². The number of aromatic nitrogens is 4. The predicted octanol–water partition coefficient (Wildman–Crippen LogP) is 4.08. The Balaban J connectivity index is 1.65. The number of ether oxygens (including phenoxy) is 2. The predicted molar refractivity (Wildman–Crippen MR) is 135 cm³/mol. The summed E-state index contributed by atoms with van der Waals surface area (Å²) in [6, 6.07) is 7.98. The minimum atomic E-state index is 0.00824. The van der Waals surface area contributed by atoms with E-state index in [1.807, 2.05) is 25.1 Å². The van der Waals surface area contributed by atoms with E-state index in [1.54, 1.807) is 19.5 Å². The third kappa shape index (κ3) is 4.97. The molecule has 1 N–H and O–H groups in total. The minimum Gasteiger partial charge on any atom is -0.497 e. The van der Waals surface area contributed by atoms with Crippen molar-refractivity contribution < 1.29 is 9.47 Å². The monoisotopic (exact) mass is 462 g/mol. The summed E-state index contributed by atoms with van der Waals surface area (Å²) in [6.07, 6.45) is 5.11. The molecular formula is C26H34N6O2. The molecule has 4 rings (SSSR count). The zero-order valence-corrected chi connectivity index (χ0v) is 20.7. The quantitative estimate of drug-likeness (QED) is 0.509. The van der Waals surface area contributed by atoms with Gasteiger partial charge in [-0.25, -0.2) is 19.9 Å². The van der Waals surface area contributed by atoms with Crippen molar-refractivity contribution in [2.45, 2.75) is 52.7 Å². The van der Waals surface area contributed by atoms with Crippen LogP contribution >= 0.6 is 0 Å². The zero-order valence-electron chi connectivity index (χ0n) is 20.7. The first kappa shape index (κ1) is 23.9. The van der Waals surface area contributed by atoms with Gasteiger partial charge in [-0.3, -0.25) is 0 Å². The van der Waals surface area contributed by atoms with Crippen LogP contribution in [0.1, 0.15) is 37.7 Å². The maximum atomic E-state index is 6.08. The van der Waals surface area contributed by atoms with Crippen molar-refractivity contribution in [3.8, 4) is 17.0 Å². The molecule has 0 spiro atoms. The van der Waals surface area contributed by atoms with E-state index in [1.165, 1.54) is 0 Å². The van der Waals surface area contributed by atoms with Crippen LogP contribution in [0.4, 0.5) is 11.8 Å². The van der Waals surface area contributed by atoms with Crippen LogP contribution in [0.25, 0.3) is 11.3 Å². The summed E-state index contributed by atoms with van der Waals surface area (Å²) in [5.41, 5.74) is 5.08. The van der Waals surface area contributed by atoms with Crippen molar-refractivity contribution >= 4 is 11.8 Å². The summed E-state index contributed by atoms with van der Waals surface area (Å²) >= 11 is 0. The summed E-state index contributed by atoms with van der Waals surface area (Å²) in [6.45, 7) is 10.5. The number of rotatable bonds is 9. The average molecular weight is 463 g/mol. The van der Waals surface area contributed by atoms with Gasteiger partial charge in [-0.15, -0.1) is 0 Å². The molecule has 0 amide bonds. The van der Waals surface area contributed by atoms with Gasteiger partial charge in [0.15, 0.2) is 0 Å².